The summed E-state index contributed by atoms with van der Waals surface area (Å²) in [5, 5.41) is 4.60. The van der Waals surface area contributed by atoms with Gasteiger partial charge in [0.1, 0.15) is 0 Å². The summed E-state index contributed by atoms with van der Waals surface area (Å²) in [5.74, 6) is 0.817. The summed E-state index contributed by atoms with van der Waals surface area (Å²) in [6, 6.07) is 0. The number of hydrogen-bond acceptors (Lipinski definition) is 1. The fourth-order valence-electron chi connectivity index (χ4n) is 1.34. The molecule has 0 aromatic carbocycles. The summed E-state index contributed by atoms with van der Waals surface area (Å²) in [5.41, 5.74) is 0.365. The largest absolute Gasteiger partial charge is 0.311 e. The number of nitrogens with one attached hydrogen (secondary N) is 1. The molecule has 1 saturated heterocycles. The van der Waals surface area contributed by atoms with Gasteiger partial charge in [0.15, 0.2) is 0 Å². The second kappa shape index (κ2) is 4.07. The van der Waals surface area contributed by atoms with Crippen LogP contribution in [0.25, 0.3) is 0 Å². The molecule has 0 amide bonds. The molecule has 62 valence electrons. The van der Waals surface area contributed by atoms with Crippen LogP contribution in [-0.4, -0.2) is 17.4 Å². The van der Waals surface area contributed by atoms with E-state index < -0.39 is 0 Å². The molecule has 1 aliphatic heterocycles. The van der Waals surface area contributed by atoms with Gasteiger partial charge >= 0.3 is 0 Å². The zero-order chi connectivity index (χ0) is 6.91. The van der Waals surface area contributed by atoms with Crippen LogP contribution in [0.1, 0.15) is 20.3 Å². The highest BCUT2D eigenvalue weighted by Crippen LogP contribution is 2.26. The lowest BCUT2D eigenvalue weighted by Crippen LogP contribution is -2.38. The molecule has 0 bridgehead atoms. The van der Waals surface area contributed by atoms with Crippen LogP contribution in [0.5, 0.6) is 0 Å². The van der Waals surface area contributed by atoms with E-state index in [1.807, 2.05) is 0 Å². The molecule has 1 rings (SSSR count). The van der Waals surface area contributed by atoms with Gasteiger partial charge in [0.05, 0.1) is 0 Å². The Labute approximate surface area is 81.9 Å². The van der Waals surface area contributed by atoms with Crippen molar-refractivity contribution in [2.75, 3.05) is 11.9 Å². The summed E-state index contributed by atoms with van der Waals surface area (Å²) in [4.78, 5) is 0. The number of halogens is 2. The Morgan fingerprint density at radius 2 is 2.20 bits per heavy atom. The molecule has 1 N–H and O–H groups in total. The second-order valence-electron chi connectivity index (χ2n) is 3.29. The second-order valence-corrected chi connectivity index (χ2v) is 3.94. The van der Waals surface area contributed by atoms with Crippen LogP contribution in [-0.2, 0) is 0 Å². The first-order chi connectivity index (χ1) is 4.17. The van der Waals surface area contributed by atoms with Crippen LogP contribution in [0.3, 0.4) is 0 Å². The molecule has 1 aliphatic rings. The van der Waals surface area contributed by atoms with Gasteiger partial charge in [-0.15, -0.1) is 17.0 Å². The predicted octanol–water partition coefficient (Wildman–Crippen LogP) is 2.35. The first-order valence-corrected chi connectivity index (χ1v) is 4.60. The lowest BCUT2D eigenvalue weighted by atomic mass is 9.91. The van der Waals surface area contributed by atoms with Crippen LogP contribution < -0.4 is 5.32 Å². The van der Waals surface area contributed by atoms with Crippen molar-refractivity contribution in [3.8, 4) is 0 Å². The van der Waals surface area contributed by atoms with E-state index in [2.05, 4.69) is 35.1 Å². The number of rotatable bonds is 1. The monoisotopic (exact) mass is 271 g/mol. The Bertz CT molecular complexity index is 104. The third-order valence-corrected chi connectivity index (χ3v) is 3.06. The van der Waals surface area contributed by atoms with E-state index in [0.717, 1.165) is 11.2 Å². The molecule has 0 saturated carbocycles. The Hall–Kier alpha value is 0.920. The van der Waals surface area contributed by atoms with Gasteiger partial charge in [-0.05, 0) is 32.7 Å². The van der Waals surface area contributed by atoms with Gasteiger partial charge in [0.2, 0.25) is 0 Å². The highest BCUT2D eigenvalue weighted by Gasteiger charge is 2.32. The smallest absolute Gasteiger partial charge is 0.0161 e. The van der Waals surface area contributed by atoms with Crippen molar-refractivity contribution in [2.45, 2.75) is 25.8 Å². The molecule has 3 heteroatoms. The highest BCUT2D eigenvalue weighted by atomic mass is 79.9. The minimum absolute atomic E-state index is 0. The molecule has 10 heavy (non-hydrogen) atoms. The van der Waals surface area contributed by atoms with Crippen LogP contribution >= 0.6 is 32.9 Å². The first-order valence-electron chi connectivity index (χ1n) is 3.48. The highest BCUT2D eigenvalue weighted by molar-refractivity contribution is 9.09. The van der Waals surface area contributed by atoms with Gasteiger partial charge < -0.3 is 5.32 Å². The molecular formula is C7H15Br2N. The van der Waals surface area contributed by atoms with Gasteiger partial charge in [-0.1, -0.05) is 15.9 Å². The van der Waals surface area contributed by atoms with E-state index in [1.165, 1.54) is 13.0 Å². The minimum atomic E-state index is 0. The molecule has 0 aromatic rings. The topological polar surface area (TPSA) is 12.0 Å². The van der Waals surface area contributed by atoms with E-state index in [4.69, 9.17) is 0 Å². The summed E-state index contributed by atoms with van der Waals surface area (Å²) >= 11 is 3.51. The zero-order valence-corrected chi connectivity index (χ0v) is 9.78. The number of hydrogen-bond donors (Lipinski definition) is 1. The van der Waals surface area contributed by atoms with Crippen molar-refractivity contribution in [2.24, 2.45) is 5.92 Å². The Kier molecular flexibility index (Phi) is 4.45. The van der Waals surface area contributed by atoms with Gasteiger partial charge in [0, 0.05) is 10.9 Å². The molecule has 1 fully saturated rings. The van der Waals surface area contributed by atoms with E-state index in [1.54, 1.807) is 0 Å². The van der Waals surface area contributed by atoms with Crippen molar-refractivity contribution >= 4 is 32.9 Å². The molecule has 0 spiro atoms. The maximum Gasteiger partial charge on any atom is 0.0161 e. The summed E-state index contributed by atoms with van der Waals surface area (Å²) in [6.07, 6.45) is 1.32. The minimum Gasteiger partial charge on any atom is -0.311 e. The van der Waals surface area contributed by atoms with E-state index in [-0.39, 0.29) is 17.0 Å². The van der Waals surface area contributed by atoms with Gasteiger partial charge in [-0.2, -0.15) is 0 Å². The first kappa shape index (κ1) is 10.9. The zero-order valence-electron chi connectivity index (χ0n) is 6.48. The standard InChI is InChI=1S/C7H14BrN.BrH/c1-7(2)6(5-8)3-4-9-7;/h6,9H,3-5H2,1-2H3;1H. The molecule has 1 atom stereocenters. The molecule has 0 radical (unpaired) electrons. The Balaban J connectivity index is 0.000000810. The summed E-state index contributed by atoms with van der Waals surface area (Å²) in [7, 11) is 0. The quantitative estimate of drug-likeness (QED) is 0.723. The van der Waals surface area contributed by atoms with Gasteiger partial charge in [0.25, 0.3) is 0 Å². The van der Waals surface area contributed by atoms with E-state index in [0.29, 0.717) is 5.54 Å². The fraction of sp³-hybridized carbons (Fsp3) is 1.00. The van der Waals surface area contributed by atoms with Crippen LogP contribution in [0.15, 0.2) is 0 Å². The lowest BCUT2D eigenvalue weighted by Gasteiger charge is -2.25. The molecule has 1 nitrogen and oxygen atoms in total. The van der Waals surface area contributed by atoms with Gasteiger partial charge in [-0.3, -0.25) is 0 Å². The average Bonchev–Trinajstić information content (AvgIpc) is 2.08. The SMILES string of the molecule is Br.CC1(C)NCCC1CBr. The van der Waals surface area contributed by atoms with Crippen molar-refractivity contribution < 1.29 is 0 Å². The maximum atomic E-state index is 3.51. The average molecular weight is 273 g/mol. The van der Waals surface area contributed by atoms with Crippen molar-refractivity contribution in [3.63, 3.8) is 0 Å². The van der Waals surface area contributed by atoms with Crippen LogP contribution in [0.2, 0.25) is 0 Å². The van der Waals surface area contributed by atoms with E-state index >= 15 is 0 Å². The fourth-order valence-corrected chi connectivity index (χ4v) is 2.48. The molecule has 1 heterocycles. The molecular weight excluding hydrogens is 258 g/mol. The predicted molar refractivity (Wildman–Crippen MR) is 54.3 cm³/mol. The van der Waals surface area contributed by atoms with Crippen LogP contribution in [0, 0.1) is 5.92 Å². The lowest BCUT2D eigenvalue weighted by molar-refractivity contribution is 0.365. The maximum absolute atomic E-state index is 3.51. The third-order valence-electron chi connectivity index (χ3n) is 2.28. The molecule has 0 aromatic heterocycles. The van der Waals surface area contributed by atoms with Crippen molar-refractivity contribution in [1.82, 2.24) is 5.32 Å². The Morgan fingerprint density at radius 3 is 2.40 bits per heavy atom. The Morgan fingerprint density at radius 1 is 1.60 bits per heavy atom. The normalized spacial score (nSPS) is 29.7. The summed E-state index contributed by atoms with van der Waals surface area (Å²) < 4.78 is 0. The van der Waals surface area contributed by atoms with Crippen LogP contribution in [0.4, 0.5) is 0 Å². The van der Waals surface area contributed by atoms with Crippen molar-refractivity contribution in [3.05, 3.63) is 0 Å². The summed E-state index contributed by atoms with van der Waals surface area (Å²) in [6.45, 7) is 5.72. The molecule has 1 unspecified atom stereocenters. The van der Waals surface area contributed by atoms with Gasteiger partial charge in [-0.25, -0.2) is 0 Å². The van der Waals surface area contributed by atoms with E-state index in [9.17, 15) is 0 Å². The third kappa shape index (κ3) is 2.21. The molecule has 0 aliphatic carbocycles. The number of alkyl halides is 1. The van der Waals surface area contributed by atoms with Crippen molar-refractivity contribution in [1.29, 1.82) is 0 Å².